The molecule has 1 aromatic heterocycles. The molecular formula is C22H17ClN2O2. The molecular weight excluding hydrogens is 360 g/mol. The number of hydrogen-bond acceptors (Lipinski definition) is 3. The van der Waals surface area contributed by atoms with Gasteiger partial charge < -0.3 is 9.73 Å². The Bertz CT molecular complexity index is 1150. The second kappa shape index (κ2) is 6.89. The summed E-state index contributed by atoms with van der Waals surface area (Å²) in [6, 6.07) is 18.3. The number of oxazole rings is 1. The number of nitrogens with one attached hydrogen (secondary N) is 1. The van der Waals surface area contributed by atoms with Crippen LogP contribution in [0.4, 0.5) is 5.69 Å². The summed E-state index contributed by atoms with van der Waals surface area (Å²) in [5.74, 6) is 0.368. The molecule has 0 spiro atoms. The highest BCUT2D eigenvalue weighted by Gasteiger charge is 2.12. The number of amides is 1. The maximum absolute atomic E-state index is 12.4. The number of aromatic nitrogens is 1. The lowest BCUT2D eigenvalue weighted by Crippen LogP contribution is -2.11. The van der Waals surface area contributed by atoms with Gasteiger partial charge in [-0.05, 0) is 67.9 Å². The summed E-state index contributed by atoms with van der Waals surface area (Å²) in [7, 11) is 0. The zero-order chi connectivity index (χ0) is 19.0. The van der Waals surface area contributed by atoms with Gasteiger partial charge in [0.2, 0.25) is 5.89 Å². The minimum absolute atomic E-state index is 0.205. The lowest BCUT2D eigenvalue weighted by atomic mass is 10.1. The average Bonchev–Trinajstić information content (AvgIpc) is 3.05. The Kier molecular flexibility index (Phi) is 4.42. The van der Waals surface area contributed by atoms with Gasteiger partial charge in [-0.15, -0.1) is 0 Å². The molecule has 1 heterocycles. The molecule has 4 nitrogen and oxygen atoms in total. The molecule has 0 saturated carbocycles. The van der Waals surface area contributed by atoms with E-state index in [1.807, 2.05) is 25.1 Å². The number of fused-ring (bicyclic) bond motifs is 1. The topological polar surface area (TPSA) is 55.1 Å². The van der Waals surface area contributed by atoms with Crippen molar-refractivity contribution in [2.45, 2.75) is 13.8 Å². The van der Waals surface area contributed by atoms with Crippen molar-refractivity contribution in [3.63, 3.8) is 0 Å². The Balaban J connectivity index is 1.62. The molecule has 0 unspecified atom stereocenters. The van der Waals surface area contributed by atoms with Gasteiger partial charge in [-0.3, -0.25) is 4.79 Å². The monoisotopic (exact) mass is 376 g/mol. The van der Waals surface area contributed by atoms with Gasteiger partial charge in [0.05, 0.1) is 0 Å². The van der Waals surface area contributed by atoms with Crippen molar-refractivity contribution in [1.29, 1.82) is 0 Å². The molecule has 0 atom stereocenters. The van der Waals surface area contributed by atoms with Crippen LogP contribution in [0.25, 0.3) is 22.6 Å². The first kappa shape index (κ1) is 17.3. The van der Waals surface area contributed by atoms with E-state index in [0.29, 0.717) is 33.3 Å². The Hall–Kier alpha value is -3.11. The summed E-state index contributed by atoms with van der Waals surface area (Å²) >= 11 is 5.86. The smallest absolute Gasteiger partial charge is 0.255 e. The fourth-order valence-electron chi connectivity index (χ4n) is 2.98. The predicted octanol–water partition coefficient (Wildman–Crippen LogP) is 6.02. The first-order chi connectivity index (χ1) is 13.0. The molecule has 4 aromatic rings. The predicted molar refractivity (Wildman–Crippen MR) is 108 cm³/mol. The summed E-state index contributed by atoms with van der Waals surface area (Å²) < 4.78 is 5.89. The lowest BCUT2D eigenvalue weighted by molar-refractivity contribution is 0.102. The number of halogens is 1. The highest BCUT2D eigenvalue weighted by Crippen LogP contribution is 2.29. The average molecular weight is 377 g/mol. The van der Waals surface area contributed by atoms with E-state index in [0.717, 1.165) is 11.1 Å². The molecule has 1 amide bonds. The number of benzene rings is 3. The van der Waals surface area contributed by atoms with Crippen molar-refractivity contribution in [3.05, 3.63) is 82.4 Å². The molecule has 0 aliphatic rings. The van der Waals surface area contributed by atoms with Gasteiger partial charge in [0.15, 0.2) is 5.58 Å². The zero-order valence-corrected chi connectivity index (χ0v) is 15.7. The summed E-state index contributed by atoms with van der Waals surface area (Å²) in [6.07, 6.45) is 0. The lowest BCUT2D eigenvalue weighted by Gasteiger charge is -2.05. The molecule has 0 saturated heterocycles. The van der Waals surface area contributed by atoms with Crippen LogP contribution in [0.15, 0.2) is 65.1 Å². The van der Waals surface area contributed by atoms with Crippen molar-refractivity contribution >= 4 is 34.3 Å². The second-order valence-corrected chi connectivity index (χ2v) is 6.92. The van der Waals surface area contributed by atoms with Crippen molar-refractivity contribution in [2.75, 3.05) is 5.32 Å². The van der Waals surface area contributed by atoms with Crippen LogP contribution in [0.1, 0.15) is 21.5 Å². The Morgan fingerprint density at radius 2 is 1.78 bits per heavy atom. The molecule has 3 aromatic carbocycles. The van der Waals surface area contributed by atoms with Crippen molar-refractivity contribution < 1.29 is 9.21 Å². The summed E-state index contributed by atoms with van der Waals surface area (Å²) in [5.41, 5.74) is 5.83. The van der Waals surface area contributed by atoms with E-state index in [9.17, 15) is 4.79 Å². The number of nitrogens with zero attached hydrogens (tertiary/aromatic N) is 1. The highest BCUT2D eigenvalue weighted by atomic mass is 35.5. The van der Waals surface area contributed by atoms with E-state index >= 15 is 0 Å². The number of carbonyl (C=O) groups is 1. The van der Waals surface area contributed by atoms with Crippen LogP contribution in [-0.2, 0) is 0 Å². The van der Waals surface area contributed by atoms with E-state index in [4.69, 9.17) is 16.0 Å². The molecule has 27 heavy (non-hydrogen) atoms. The van der Waals surface area contributed by atoms with Crippen LogP contribution < -0.4 is 5.32 Å². The number of anilines is 1. The Labute approximate surface area is 161 Å². The first-order valence-electron chi connectivity index (χ1n) is 8.55. The molecule has 0 bridgehead atoms. The largest absolute Gasteiger partial charge is 0.436 e. The molecule has 4 rings (SSSR count). The van der Waals surface area contributed by atoms with Crippen LogP contribution in [0.5, 0.6) is 0 Å². The highest BCUT2D eigenvalue weighted by molar-refractivity contribution is 6.30. The summed E-state index contributed by atoms with van der Waals surface area (Å²) in [6.45, 7) is 4.09. The normalized spacial score (nSPS) is 10.9. The number of aryl methyl sites for hydroxylation is 2. The van der Waals surface area contributed by atoms with Gasteiger partial charge >= 0.3 is 0 Å². The second-order valence-electron chi connectivity index (χ2n) is 6.48. The molecule has 1 N–H and O–H groups in total. The zero-order valence-electron chi connectivity index (χ0n) is 14.9. The van der Waals surface area contributed by atoms with Crippen LogP contribution in [0.3, 0.4) is 0 Å². The van der Waals surface area contributed by atoms with Crippen LogP contribution in [-0.4, -0.2) is 10.9 Å². The fraction of sp³-hybridized carbons (Fsp3) is 0.0909. The quantitative estimate of drug-likeness (QED) is 0.475. The summed E-state index contributed by atoms with van der Waals surface area (Å²) in [4.78, 5) is 17.0. The summed E-state index contributed by atoms with van der Waals surface area (Å²) in [5, 5.41) is 3.47. The fourth-order valence-corrected chi connectivity index (χ4v) is 3.10. The Morgan fingerprint density at radius 3 is 2.52 bits per heavy atom. The van der Waals surface area contributed by atoms with Crippen molar-refractivity contribution in [2.24, 2.45) is 0 Å². The number of hydrogen-bond donors (Lipinski definition) is 1. The molecule has 0 aliphatic heterocycles. The molecule has 0 fully saturated rings. The van der Waals surface area contributed by atoms with Gasteiger partial charge in [-0.2, -0.15) is 0 Å². The van der Waals surface area contributed by atoms with Crippen molar-refractivity contribution in [3.8, 4) is 11.5 Å². The van der Waals surface area contributed by atoms with Gasteiger partial charge in [-0.25, -0.2) is 4.98 Å². The van der Waals surface area contributed by atoms with Gasteiger partial charge in [0, 0.05) is 21.8 Å². The van der Waals surface area contributed by atoms with Crippen LogP contribution in [0.2, 0.25) is 5.02 Å². The molecule has 5 heteroatoms. The maximum atomic E-state index is 12.4. The minimum atomic E-state index is -0.205. The molecule has 0 aliphatic carbocycles. The third-order valence-electron chi connectivity index (χ3n) is 4.36. The molecule has 0 radical (unpaired) electrons. The van der Waals surface area contributed by atoms with E-state index < -0.39 is 0 Å². The third-order valence-corrected chi connectivity index (χ3v) is 4.62. The van der Waals surface area contributed by atoms with Gasteiger partial charge in [0.1, 0.15) is 5.52 Å². The minimum Gasteiger partial charge on any atom is -0.436 e. The standard InChI is InChI=1S/C22H17ClN2O2/c1-13-3-9-18(14(2)11-13)22-25-19-12-17(8-10-20(19)27-22)24-21(26)15-4-6-16(23)7-5-15/h3-12H,1-2H3,(H,24,26). The van der Waals surface area contributed by atoms with Gasteiger partial charge in [-0.1, -0.05) is 29.3 Å². The SMILES string of the molecule is Cc1ccc(-c2nc3cc(NC(=O)c4ccc(Cl)cc4)ccc3o2)c(C)c1. The number of carbonyl (C=O) groups excluding carboxylic acids is 1. The maximum Gasteiger partial charge on any atom is 0.255 e. The first-order valence-corrected chi connectivity index (χ1v) is 8.92. The van der Waals surface area contributed by atoms with E-state index in [-0.39, 0.29) is 5.91 Å². The van der Waals surface area contributed by atoms with Gasteiger partial charge in [0.25, 0.3) is 5.91 Å². The van der Waals surface area contributed by atoms with E-state index in [1.54, 1.807) is 36.4 Å². The van der Waals surface area contributed by atoms with Crippen LogP contribution in [0, 0.1) is 13.8 Å². The van der Waals surface area contributed by atoms with Crippen LogP contribution >= 0.6 is 11.6 Å². The molecule has 134 valence electrons. The number of rotatable bonds is 3. The van der Waals surface area contributed by atoms with Crippen molar-refractivity contribution in [1.82, 2.24) is 4.98 Å². The Morgan fingerprint density at radius 1 is 1.00 bits per heavy atom. The third kappa shape index (κ3) is 3.57. The van der Waals surface area contributed by atoms with E-state index in [1.165, 1.54) is 5.56 Å². The van der Waals surface area contributed by atoms with E-state index in [2.05, 4.69) is 23.3 Å².